The highest BCUT2D eigenvalue weighted by Gasteiger charge is 2.33. The molecule has 4 nitrogen and oxygen atoms in total. The Kier molecular flexibility index (Phi) is 4.40. The summed E-state index contributed by atoms with van der Waals surface area (Å²) in [6, 6.07) is 4.20. The minimum Gasteiger partial charge on any atom is -0.478 e. The molecule has 5 heteroatoms. The van der Waals surface area contributed by atoms with Crippen molar-refractivity contribution in [3.8, 4) is 0 Å². The van der Waals surface area contributed by atoms with Crippen LogP contribution in [0.4, 0.5) is 4.39 Å². The summed E-state index contributed by atoms with van der Waals surface area (Å²) in [5, 5.41) is 8.54. The van der Waals surface area contributed by atoms with Gasteiger partial charge in [0.25, 0.3) is 5.91 Å². The van der Waals surface area contributed by atoms with Gasteiger partial charge in [-0.05, 0) is 49.5 Å². The molecule has 0 aromatic heterocycles. The topological polar surface area (TPSA) is 57.6 Å². The summed E-state index contributed by atoms with van der Waals surface area (Å²) in [6.07, 6.45) is 4.44. The monoisotopic (exact) mass is 291 g/mol. The standard InChI is InChI=1S/C16H18FNO3/c1-10(12-5-6-12)18(2)16(21)13-7-3-11(9-14(13)17)4-8-15(19)20/h3-4,7-10,12H,5-6H2,1-2H3,(H,19,20). The number of carbonyl (C=O) groups excluding carboxylic acids is 1. The van der Waals surface area contributed by atoms with Crippen molar-refractivity contribution in [1.29, 1.82) is 0 Å². The molecule has 1 atom stereocenters. The van der Waals surface area contributed by atoms with Crippen LogP contribution in [0.2, 0.25) is 0 Å². The van der Waals surface area contributed by atoms with E-state index in [1.165, 1.54) is 24.3 Å². The number of hydrogen-bond acceptors (Lipinski definition) is 2. The Balaban J connectivity index is 2.16. The first-order valence-corrected chi connectivity index (χ1v) is 6.88. The summed E-state index contributed by atoms with van der Waals surface area (Å²) in [5.41, 5.74) is 0.418. The van der Waals surface area contributed by atoms with Crippen LogP contribution in [0.15, 0.2) is 24.3 Å². The van der Waals surface area contributed by atoms with Gasteiger partial charge in [0.05, 0.1) is 5.56 Å². The fourth-order valence-corrected chi connectivity index (χ4v) is 2.25. The zero-order valence-electron chi connectivity index (χ0n) is 12.0. The Morgan fingerprint density at radius 2 is 2.10 bits per heavy atom. The third-order valence-corrected chi connectivity index (χ3v) is 3.88. The Morgan fingerprint density at radius 1 is 1.43 bits per heavy atom. The van der Waals surface area contributed by atoms with Crippen molar-refractivity contribution in [2.75, 3.05) is 7.05 Å². The minimum atomic E-state index is -1.10. The van der Waals surface area contributed by atoms with Crippen LogP contribution in [0, 0.1) is 11.7 Å². The van der Waals surface area contributed by atoms with E-state index in [9.17, 15) is 14.0 Å². The molecule has 0 saturated heterocycles. The van der Waals surface area contributed by atoms with Gasteiger partial charge in [0.2, 0.25) is 0 Å². The van der Waals surface area contributed by atoms with Gasteiger partial charge in [0.15, 0.2) is 0 Å². The van der Waals surface area contributed by atoms with E-state index in [2.05, 4.69) is 0 Å². The fraction of sp³-hybridized carbons (Fsp3) is 0.375. The molecule has 1 saturated carbocycles. The van der Waals surface area contributed by atoms with Gasteiger partial charge in [0.1, 0.15) is 5.82 Å². The maximum atomic E-state index is 14.0. The molecule has 0 spiro atoms. The molecule has 1 fully saturated rings. The van der Waals surface area contributed by atoms with E-state index in [4.69, 9.17) is 5.11 Å². The van der Waals surface area contributed by atoms with Crippen LogP contribution in [-0.2, 0) is 4.79 Å². The normalized spacial score (nSPS) is 16.0. The van der Waals surface area contributed by atoms with Gasteiger partial charge in [-0.25, -0.2) is 9.18 Å². The van der Waals surface area contributed by atoms with E-state index in [1.807, 2.05) is 6.92 Å². The van der Waals surface area contributed by atoms with Gasteiger partial charge in [-0.15, -0.1) is 0 Å². The first-order chi connectivity index (χ1) is 9.90. The molecule has 0 aliphatic heterocycles. The number of carboxylic acids is 1. The lowest BCUT2D eigenvalue weighted by atomic mass is 10.1. The number of carbonyl (C=O) groups is 2. The largest absolute Gasteiger partial charge is 0.478 e. The maximum Gasteiger partial charge on any atom is 0.328 e. The molecule has 2 rings (SSSR count). The molecule has 0 heterocycles. The summed E-state index contributed by atoms with van der Waals surface area (Å²) < 4.78 is 14.0. The molecule has 1 N–H and O–H groups in total. The van der Waals surface area contributed by atoms with Crippen molar-refractivity contribution < 1.29 is 19.1 Å². The maximum absolute atomic E-state index is 14.0. The minimum absolute atomic E-state index is 0.0116. The first kappa shape index (κ1) is 15.2. The van der Waals surface area contributed by atoms with Gasteiger partial charge in [-0.1, -0.05) is 6.07 Å². The summed E-state index contributed by atoms with van der Waals surface area (Å²) in [4.78, 5) is 24.3. The third kappa shape index (κ3) is 3.68. The second-order valence-electron chi connectivity index (χ2n) is 5.40. The number of halogens is 1. The SMILES string of the molecule is CC(C1CC1)N(C)C(=O)c1ccc(C=CC(=O)O)cc1F. The van der Waals surface area contributed by atoms with Crippen LogP contribution in [0.25, 0.3) is 6.08 Å². The highest BCUT2D eigenvalue weighted by Crippen LogP contribution is 2.35. The average Bonchev–Trinajstić information content (AvgIpc) is 3.27. The highest BCUT2D eigenvalue weighted by molar-refractivity contribution is 5.95. The first-order valence-electron chi connectivity index (χ1n) is 6.88. The lowest BCUT2D eigenvalue weighted by molar-refractivity contribution is -0.131. The van der Waals surface area contributed by atoms with Crippen LogP contribution in [0.3, 0.4) is 0 Å². The van der Waals surface area contributed by atoms with E-state index >= 15 is 0 Å². The molecule has 21 heavy (non-hydrogen) atoms. The van der Waals surface area contributed by atoms with Crippen LogP contribution < -0.4 is 0 Å². The molecule has 1 aliphatic rings. The van der Waals surface area contributed by atoms with E-state index in [0.717, 1.165) is 18.9 Å². The second kappa shape index (κ2) is 6.08. The Hall–Kier alpha value is -2.17. The molecule has 1 aliphatic carbocycles. The van der Waals surface area contributed by atoms with Crippen molar-refractivity contribution in [2.45, 2.75) is 25.8 Å². The van der Waals surface area contributed by atoms with Crippen molar-refractivity contribution in [2.24, 2.45) is 5.92 Å². The zero-order chi connectivity index (χ0) is 15.6. The van der Waals surface area contributed by atoms with Crippen LogP contribution in [-0.4, -0.2) is 35.0 Å². The third-order valence-electron chi connectivity index (χ3n) is 3.88. The molecule has 1 amide bonds. The molecular weight excluding hydrogens is 273 g/mol. The van der Waals surface area contributed by atoms with Crippen molar-refractivity contribution >= 4 is 18.0 Å². The zero-order valence-corrected chi connectivity index (χ0v) is 12.0. The number of nitrogens with zero attached hydrogens (tertiary/aromatic N) is 1. The Labute approximate surface area is 122 Å². The molecule has 1 aromatic rings. The highest BCUT2D eigenvalue weighted by atomic mass is 19.1. The summed E-state index contributed by atoms with van der Waals surface area (Å²) in [6.45, 7) is 1.97. The number of aliphatic carboxylic acids is 1. The molecule has 112 valence electrons. The number of carboxylic acid groups (broad SMARTS) is 1. The number of benzene rings is 1. The van der Waals surface area contributed by atoms with Crippen LogP contribution >= 0.6 is 0 Å². The summed E-state index contributed by atoms with van der Waals surface area (Å²) >= 11 is 0. The van der Waals surface area contributed by atoms with Gasteiger partial charge >= 0.3 is 5.97 Å². The average molecular weight is 291 g/mol. The number of rotatable bonds is 5. The smallest absolute Gasteiger partial charge is 0.328 e. The summed E-state index contributed by atoms with van der Waals surface area (Å²) in [5.74, 6) is -1.57. The van der Waals surface area contributed by atoms with Crippen molar-refractivity contribution in [3.63, 3.8) is 0 Å². The predicted octanol–water partition coefficient (Wildman–Crippen LogP) is 2.79. The molecule has 1 aromatic carbocycles. The van der Waals surface area contributed by atoms with E-state index < -0.39 is 11.8 Å². The lowest BCUT2D eigenvalue weighted by Gasteiger charge is -2.25. The molecular formula is C16H18FNO3. The lowest BCUT2D eigenvalue weighted by Crippen LogP contribution is -2.36. The van der Waals surface area contributed by atoms with Gasteiger partial charge in [-0.3, -0.25) is 4.79 Å². The molecule has 0 radical (unpaired) electrons. The Morgan fingerprint density at radius 3 is 2.62 bits per heavy atom. The fourth-order valence-electron chi connectivity index (χ4n) is 2.25. The van der Waals surface area contributed by atoms with Gasteiger partial charge in [-0.2, -0.15) is 0 Å². The van der Waals surface area contributed by atoms with E-state index in [0.29, 0.717) is 11.5 Å². The van der Waals surface area contributed by atoms with Crippen molar-refractivity contribution in [3.05, 3.63) is 41.2 Å². The molecule has 0 bridgehead atoms. The van der Waals surface area contributed by atoms with E-state index in [-0.39, 0.29) is 17.5 Å². The van der Waals surface area contributed by atoms with Gasteiger partial charge in [0, 0.05) is 19.2 Å². The van der Waals surface area contributed by atoms with Crippen LogP contribution in [0.5, 0.6) is 0 Å². The number of hydrogen-bond donors (Lipinski definition) is 1. The Bertz CT molecular complexity index is 593. The predicted molar refractivity (Wildman–Crippen MR) is 77.3 cm³/mol. The molecule has 1 unspecified atom stereocenters. The second-order valence-corrected chi connectivity index (χ2v) is 5.40. The quantitative estimate of drug-likeness (QED) is 0.849. The number of amides is 1. The van der Waals surface area contributed by atoms with E-state index in [1.54, 1.807) is 11.9 Å². The van der Waals surface area contributed by atoms with Crippen molar-refractivity contribution in [1.82, 2.24) is 4.90 Å². The van der Waals surface area contributed by atoms with Gasteiger partial charge < -0.3 is 10.0 Å². The van der Waals surface area contributed by atoms with Crippen LogP contribution in [0.1, 0.15) is 35.7 Å². The summed E-state index contributed by atoms with van der Waals surface area (Å²) in [7, 11) is 1.68.